The fourth-order valence-corrected chi connectivity index (χ4v) is 2.14. The molecule has 2 rings (SSSR count). The second-order valence-electron chi connectivity index (χ2n) is 5.08. The number of carbonyl (C=O) groups is 1. The number of carbonyl (C=O) groups excluding carboxylic acids is 1. The van der Waals surface area contributed by atoms with Crippen molar-refractivity contribution in [2.24, 2.45) is 5.92 Å². The van der Waals surface area contributed by atoms with Crippen LogP contribution in [0.3, 0.4) is 0 Å². The second-order valence-corrected chi connectivity index (χ2v) is 5.08. The highest BCUT2D eigenvalue weighted by Crippen LogP contribution is 2.30. The Morgan fingerprint density at radius 3 is 2.69 bits per heavy atom. The van der Waals surface area contributed by atoms with E-state index in [4.69, 9.17) is 4.74 Å². The molecule has 2 aliphatic rings. The monoisotopic (exact) mass is 226 g/mol. The van der Waals surface area contributed by atoms with Crippen molar-refractivity contribution in [3.63, 3.8) is 0 Å². The molecule has 0 spiro atoms. The predicted octanol–water partition coefficient (Wildman–Crippen LogP) is 0.668. The van der Waals surface area contributed by atoms with E-state index in [1.165, 1.54) is 0 Å². The lowest BCUT2D eigenvalue weighted by Crippen LogP contribution is -2.43. The molecule has 2 aliphatic carbocycles. The summed E-state index contributed by atoms with van der Waals surface area (Å²) >= 11 is 0. The van der Waals surface area contributed by atoms with Crippen LogP contribution in [0.2, 0.25) is 0 Å². The summed E-state index contributed by atoms with van der Waals surface area (Å²) in [7, 11) is 1.97. The molecule has 0 aliphatic heterocycles. The van der Waals surface area contributed by atoms with Gasteiger partial charge in [-0.15, -0.1) is 0 Å². The molecule has 2 saturated carbocycles. The molecule has 0 aromatic heterocycles. The SMILES string of the molecule is CNCC1CC(OC(C)C(=O)NC2CC2)C1. The zero-order valence-corrected chi connectivity index (χ0v) is 10.2. The Bertz CT molecular complexity index is 247. The Morgan fingerprint density at radius 1 is 1.44 bits per heavy atom. The smallest absolute Gasteiger partial charge is 0.249 e. The van der Waals surface area contributed by atoms with Gasteiger partial charge >= 0.3 is 0 Å². The molecule has 0 bridgehead atoms. The van der Waals surface area contributed by atoms with Crippen LogP contribution < -0.4 is 10.6 Å². The molecule has 4 nitrogen and oxygen atoms in total. The van der Waals surface area contributed by atoms with Gasteiger partial charge in [0.25, 0.3) is 0 Å². The van der Waals surface area contributed by atoms with Gasteiger partial charge in [0.1, 0.15) is 6.10 Å². The molecule has 4 heteroatoms. The minimum Gasteiger partial charge on any atom is -0.365 e. The largest absolute Gasteiger partial charge is 0.365 e. The number of amides is 1. The van der Waals surface area contributed by atoms with Crippen molar-refractivity contribution in [2.45, 2.75) is 50.9 Å². The average Bonchev–Trinajstić information content (AvgIpc) is 2.98. The zero-order valence-electron chi connectivity index (χ0n) is 10.2. The van der Waals surface area contributed by atoms with Gasteiger partial charge in [0.15, 0.2) is 0 Å². The summed E-state index contributed by atoms with van der Waals surface area (Å²) < 4.78 is 5.71. The standard InChI is InChI=1S/C12H22N2O2/c1-8(12(15)14-10-3-4-10)16-11-5-9(6-11)7-13-2/h8-11,13H,3-7H2,1-2H3,(H,14,15). The van der Waals surface area contributed by atoms with E-state index in [0.717, 1.165) is 38.1 Å². The van der Waals surface area contributed by atoms with Crippen molar-refractivity contribution in [1.29, 1.82) is 0 Å². The highest BCUT2D eigenvalue weighted by molar-refractivity contribution is 5.80. The van der Waals surface area contributed by atoms with Crippen LogP contribution in [0.25, 0.3) is 0 Å². The van der Waals surface area contributed by atoms with Crippen LogP contribution in [0, 0.1) is 5.92 Å². The lowest BCUT2D eigenvalue weighted by molar-refractivity contribution is -0.141. The highest BCUT2D eigenvalue weighted by atomic mass is 16.5. The Morgan fingerprint density at radius 2 is 2.12 bits per heavy atom. The molecule has 1 atom stereocenters. The summed E-state index contributed by atoms with van der Waals surface area (Å²) in [5.74, 6) is 0.785. The van der Waals surface area contributed by atoms with E-state index in [1.54, 1.807) is 0 Å². The first-order chi connectivity index (χ1) is 7.69. The normalized spacial score (nSPS) is 30.6. The molecule has 1 amide bonds. The predicted molar refractivity (Wildman–Crippen MR) is 62.2 cm³/mol. The fraction of sp³-hybridized carbons (Fsp3) is 0.917. The van der Waals surface area contributed by atoms with E-state index in [1.807, 2.05) is 14.0 Å². The molecule has 0 radical (unpaired) electrons. The third-order valence-electron chi connectivity index (χ3n) is 3.37. The first-order valence-corrected chi connectivity index (χ1v) is 6.29. The Kier molecular flexibility index (Phi) is 3.82. The van der Waals surface area contributed by atoms with E-state index >= 15 is 0 Å². The van der Waals surface area contributed by atoms with E-state index in [0.29, 0.717) is 12.1 Å². The molecular weight excluding hydrogens is 204 g/mol. The maximum atomic E-state index is 11.6. The van der Waals surface area contributed by atoms with Gasteiger partial charge in [-0.1, -0.05) is 0 Å². The van der Waals surface area contributed by atoms with Gasteiger partial charge in [-0.05, 0) is 52.1 Å². The van der Waals surface area contributed by atoms with Crippen molar-refractivity contribution in [2.75, 3.05) is 13.6 Å². The molecule has 1 unspecified atom stereocenters. The average molecular weight is 226 g/mol. The van der Waals surface area contributed by atoms with Gasteiger partial charge in [-0.2, -0.15) is 0 Å². The van der Waals surface area contributed by atoms with Crippen LogP contribution in [0.15, 0.2) is 0 Å². The summed E-state index contributed by atoms with van der Waals surface area (Å²) in [5.41, 5.74) is 0. The Hall–Kier alpha value is -0.610. The van der Waals surface area contributed by atoms with Crippen LogP contribution in [0.5, 0.6) is 0 Å². The summed E-state index contributed by atoms with van der Waals surface area (Å²) in [5, 5.41) is 6.13. The van der Waals surface area contributed by atoms with Crippen LogP contribution in [-0.2, 0) is 9.53 Å². The minimum absolute atomic E-state index is 0.0552. The van der Waals surface area contributed by atoms with Crippen molar-refractivity contribution in [3.8, 4) is 0 Å². The molecule has 0 aromatic rings. The zero-order chi connectivity index (χ0) is 11.5. The molecule has 2 fully saturated rings. The van der Waals surface area contributed by atoms with E-state index < -0.39 is 0 Å². The van der Waals surface area contributed by atoms with Gasteiger partial charge in [0.05, 0.1) is 6.10 Å². The van der Waals surface area contributed by atoms with Crippen LogP contribution >= 0.6 is 0 Å². The van der Waals surface area contributed by atoms with Gasteiger partial charge in [0, 0.05) is 6.04 Å². The van der Waals surface area contributed by atoms with E-state index in [9.17, 15) is 4.79 Å². The van der Waals surface area contributed by atoms with Crippen molar-refractivity contribution < 1.29 is 9.53 Å². The Labute approximate surface area is 97.1 Å². The molecule has 2 N–H and O–H groups in total. The first kappa shape index (κ1) is 11.9. The lowest BCUT2D eigenvalue weighted by atomic mass is 9.82. The van der Waals surface area contributed by atoms with Gasteiger partial charge in [-0.3, -0.25) is 4.79 Å². The molecule has 0 aromatic carbocycles. The number of nitrogens with one attached hydrogen (secondary N) is 2. The van der Waals surface area contributed by atoms with Crippen LogP contribution in [0.4, 0.5) is 0 Å². The molecule has 0 saturated heterocycles. The third-order valence-corrected chi connectivity index (χ3v) is 3.37. The summed E-state index contributed by atoms with van der Waals surface area (Å²) in [4.78, 5) is 11.6. The quantitative estimate of drug-likeness (QED) is 0.700. The fourth-order valence-electron chi connectivity index (χ4n) is 2.14. The highest BCUT2D eigenvalue weighted by Gasteiger charge is 2.33. The molecular formula is C12H22N2O2. The first-order valence-electron chi connectivity index (χ1n) is 6.29. The summed E-state index contributed by atoms with van der Waals surface area (Å²) in [6.45, 7) is 2.91. The van der Waals surface area contributed by atoms with Crippen LogP contribution in [-0.4, -0.2) is 37.7 Å². The van der Waals surface area contributed by atoms with Crippen molar-refractivity contribution >= 4 is 5.91 Å². The summed E-state index contributed by atoms with van der Waals surface area (Å²) in [6.07, 6.45) is 4.43. The Balaban J connectivity index is 1.60. The molecule has 92 valence electrons. The van der Waals surface area contributed by atoms with Crippen LogP contribution in [0.1, 0.15) is 32.6 Å². The van der Waals surface area contributed by atoms with Crippen molar-refractivity contribution in [1.82, 2.24) is 10.6 Å². The van der Waals surface area contributed by atoms with Gasteiger partial charge in [-0.25, -0.2) is 0 Å². The number of hydrogen-bond donors (Lipinski definition) is 2. The second kappa shape index (κ2) is 5.15. The van der Waals surface area contributed by atoms with E-state index in [2.05, 4.69) is 10.6 Å². The topological polar surface area (TPSA) is 50.4 Å². The van der Waals surface area contributed by atoms with E-state index in [-0.39, 0.29) is 12.0 Å². The number of rotatable bonds is 6. The summed E-state index contributed by atoms with van der Waals surface area (Å²) in [6, 6.07) is 0.428. The minimum atomic E-state index is -0.291. The number of ether oxygens (including phenoxy) is 1. The maximum absolute atomic E-state index is 11.6. The molecule has 0 heterocycles. The maximum Gasteiger partial charge on any atom is 0.249 e. The lowest BCUT2D eigenvalue weighted by Gasteiger charge is -2.36. The molecule has 16 heavy (non-hydrogen) atoms. The van der Waals surface area contributed by atoms with Gasteiger partial charge < -0.3 is 15.4 Å². The van der Waals surface area contributed by atoms with Crippen molar-refractivity contribution in [3.05, 3.63) is 0 Å². The van der Waals surface area contributed by atoms with Gasteiger partial charge in [0.2, 0.25) is 5.91 Å². The number of hydrogen-bond acceptors (Lipinski definition) is 3. The third kappa shape index (κ3) is 3.19.